The van der Waals surface area contributed by atoms with Gasteiger partial charge in [-0.1, -0.05) is 11.6 Å². The van der Waals surface area contributed by atoms with Crippen LogP contribution in [0.5, 0.6) is 0 Å². The highest BCUT2D eigenvalue weighted by Gasteiger charge is 2.35. The fourth-order valence-electron chi connectivity index (χ4n) is 3.10. The number of rotatable bonds is 2. The van der Waals surface area contributed by atoms with Gasteiger partial charge in [-0.15, -0.1) is 0 Å². The Kier molecular flexibility index (Phi) is 3.53. The van der Waals surface area contributed by atoms with Gasteiger partial charge in [-0.3, -0.25) is 9.48 Å². The molecule has 6 heteroatoms. The molecule has 1 aliphatic heterocycles. The third-order valence-corrected chi connectivity index (χ3v) is 4.58. The van der Waals surface area contributed by atoms with Crippen LogP contribution < -0.4 is 0 Å². The molecule has 1 fully saturated rings. The van der Waals surface area contributed by atoms with Crippen LogP contribution in [-0.2, 0) is 7.05 Å². The summed E-state index contributed by atoms with van der Waals surface area (Å²) in [6.45, 7) is 4.48. The second-order valence-corrected chi connectivity index (χ2v) is 5.82. The standard InChI is InChI=1S/C15H18ClN3O2/c1-9-13(14(16)18(3)17-9)12-5-4-7-19(12)15(20)11-6-8-21-10(11)2/h6,8,12H,4-5,7H2,1-3H3/t12-/m1/s1. The molecule has 5 nitrogen and oxygen atoms in total. The Bertz CT molecular complexity index is 689. The van der Waals surface area contributed by atoms with Crippen LogP contribution in [0.4, 0.5) is 0 Å². The van der Waals surface area contributed by atoms with Gasteiger partial charge in [-0.2, -0.15) is 5.10 Å². The number of hydrogen-bond donors (Lipinski definition) is 0. The predicted octanol–water partition coefficient (Wildman–Crippen LogP) is 3.26. The van der Waals surface area contributed by atoms with E-state index in [0.29, 0.717) is 16.5 Å². The highest BCUT2D eigenvalue weighted by molar-refractivity contribution is 6.30. The highest BCUT2D eigenvalue weighted by atomic mass is 35.5. The summed E-state index contributed by atoms with van der Waals surface area (Å²) in [5.74, 6) is 0.655. The van der Waals surface area contributed by atoms with Gasteiger partial charge in [0.25, 0.3) is 5.91 Å². The molecule has 0 aliphatic carbocycles. The number of aryl methyl sites for hydroxylation is 3. The highest BCUT2D eigenvalue weighted by Crippen LogP contribution is 2.38. The van der Waals surface area contributed by atoms with E-state index < -0.39 is 0 Å². The van der Waals surface area contributed by atoms with Crippen LogP contribution >= 0.6 is 11.6 Å². The summed E-state index contributed by atoms with van der Waals surface area (Å²) in [6.07, 6.45) is 3.43. The zero-order valence-electron chi connectivity index (χ0n) is 12.4. The first kappa shape index (κ1) is 14.2. The van der Waals surface area contributed by atoms with Crippen molar-refractivity contribution in [2.75, 3.05) is 6.54 Å². The molecule has 3 heterocycles. The van der Waals surface area contributed by atoms with Crippen LogP contribution in [0.2, 0.25) is 5.15 Å². The Balaban J connectivity index is 1.96. The number of amides is 1. The summed E-state index contributed by atoms with van der Waals surface area (Å²) >= 11 is 6.36. The number of halogens is 1. The minimum Gasteiger partial charge on any atom is -0.469 e. The molecule has 0 spiro atoms. The first-order chi connectivity index (χ1) is 10.0. The lowest BCUT2D eigenvalue weighted by Crippen LogP contribution is -2.31. The molecule has 0 radical (unpaired) electrons. The molecule has 2 aromatic rings. The Morgan fingerprint density at radius 3 is 2.81 bits per heavy atom. The molecule has 0 unspecified atom stereocenters. The average molecular weight is 308 g/mol. The second kappa shape index (κ2) is 5.22. The van der Waals surface area contributed by atoms with E-state index in [1.165, 1.54) is 0 Å². The van der Waals surface area contributed by atoms with Crippen molar-refractivity contribution in [3.05, 3.63) is 40.1 Å². The minimum atomic E-state index is -0.00648. The van der Waals surface area contributed by atoms with Crippen molar-refractivity contribution in [3.8, 4) is 0 Å². The summed E-state index contributed by atoms with van der Waals surface area (Å²) in [7, 11) is 1.82. The molecule has 21 heavy (non-hydrogen) atoms. The predicted molar refractivity (Wildman–Crippen MR) is 79.4 cm³/mol. The molecule has 0 saturated carbocycles. The third-order valence-electron chi connectivity index (χ3n) is 4.13. The van der Waals surface area contributed by atoms with Gasteiger partial charge in [0.1, 0.15) is 10.9 Å². The molecule has 3 rings (SSSR count). The van der Waals surface area contributed by atoms with Crippen LogP contribution in [0.3, 0.4) is 0 Å². The van der Waals surface area contributed by atoms with E-state index in [-0.39, 0.29) is 11.9 Å². The van der Waals surface area contributed by atoms with Crippen molar-refractivity contribution in [2.45, 2.75) is 32.7 Å². The topological polar surface area (TPSA) is 51.3 Å². The number of nitrogens with zero attached hydrogens (tertiary/aromatic N) is 3. The maximum absolute atomic E-state index is 12.7. The number of likely N-dealkylation sites (tertiary alicyclic amines) is 1. The number of carbonyl (C=O) groups excluding carboxylic acids is 1. The lowest BCUT2D eigenvalue weighted by atomic mass is 10.1. The van der Waals surface area contributed by atoms with E-state index in [4.69, 9.17) is 16.0 Å². The number of aromatic nitrogens is 2. The molecule has 1 amide bonds. The molecular weight excluding hydrogens is 290 g/mol. The molecule has 112 valence electrons. The zero-order chi connectivity index (χ0) is 15.1. The Labute approximate surface area is 128 Å². The molecule has 0 bridgehead atoms. The van der Waals surface area contributed by atoms with Crippen molar-refractivity contribution in [3.63, 3.8) is 0 Å². The van der Waals surface area contributed by atoms with Crippen LogP contribution in [0.1, 0.15) is 46.3 Å². The summed E-state index contributed by atoms with van der Waals surface area (Å²) < 4.78 is 6.91. The number of carbonyl (C=O) groups is 1. The van der Waals surface area contributed by atoms with E-state index in [9.17, 15) is 4.79 Å². The maximum Gasteiger partial charge on any atom is 0.257 e. The van der Waals surface area contributed by atoms with Crippen molar-refractivity contribution >= 4 is 17.5 Å². The van der Waals surface area contributed by atoms with E-state index in [1.807, 2.05) is 18.9 Å². The van der Waals surface area contributed by atoms with Gasteiger partial charge in [-0.05, 0) is 32.8 Å². The molecular formula is C15H18ClN3O2. The fraction of sp³-hybridized carbons (Fsp3) is 0.467. The van der Waals surface area contributed by atoms with E-state index in [0.717, 1.165) is 30.6 Å². The second-order valence-electron chi connectivity index (χ2n) is 5.46. The van der Waals surface area contributed by atoms with E-state index in [1.54, 1.807) is 23.9 Å². The molecule has 1 saturated heterocycles. The lowest BCUT2D eigenvalue weighted by molar-refractivity contribution is 0.0733. The summed E-state index contributed by atoms with van der Waals surface area (Å²) in [4.78, 5) is 14.6. The number of furan rings is 1. The van der Waals surface area contributed by atoms with Gasteiger partial charge in [0.05, 0.1) is 23.6 Å². The van der Waals surface area contributed by atoms with Crippen molar-refractivity contribution in [1.82, 2.24) is 14.7 Å². The van der Waals surface area contributed by atoms with Gasteiger partial charge in [-0.25, -0.2) is 0 Å². The van der Waals surface area contributed by atoms with Crippen molar-refractivity contribution in [2.24, 2.45) is 7.05 Å². The van der Waals surface area contributed by atoms with Crippen molar-refractivity contribution < 1.29 is 9.21 Å². The van der Waals surface area contributed by atoms with E-state index >= 15 is 0 Å². The summed E-state index contributed by atoms with van der Waals surface area (Å²) in [5, 5.41) is 4.97. The minimum absolute atomic E-state index is 0.00284. The molecule has 1 atom stereocenters. The summed E-state index contributed by atoms with van der Waals surface area (Å²) in [6, 6.07) is 1.72. The van der Waals surface area contributed by atoms with Crippen LogP contribution in [0.15, 0.2) is 16.7 Å². The summed E-state index contributed by atoms with van der Waals surface area (Å²) in [5.41, 5.74) is 2.47. The first-order valence-corrected chi connectivity index (χ1v) is 7.42. The largest absolute Gasteiger partial charge is 0.469 e. The molecule has 2 aromatic heterocycles. The quantitative estimate of drug-likeness (QED) is 0.855. The van der Waals surface area contributed by atoms with Gasteiger partial charge >= 0.3 is 0 Å². The van der Waals surface area contributed by atoms with Gasteiger partial charge in [0.15, 0.2) is 0 Å². The lowest BCUT2D eigenvalue weighted by Gasteiger charge is -2.24. The van der Waals surface area contributed by atoms with Crippen LogP contribution in [0, 0.1) is 13.8 Å². The fourth-order valence-corrected chi connectivity index (χ4v) is 3.40. The number of hydrogen-bond acceptors (Lipinski definition) is 3. The third kappa shape index (κ3) is 2.25. The first-order valence-electron chi connectivity index (χ1n) is 7.04. The molecule has 1 aliphatic rings. The van der Waals surface area contributed by atoms with Gasteiger partial charge in [0.2, 0.25) is 0 Å². The van der Waals surface area contributed by atoms with Crippen LogP contribution in [0.25, 0.3) is 0 Å². The van der Waals surface area contributed by atoms with Gasteiger partial charge in [0, 0.05) is 19.2 Å². The van der Waals surface area contributed by atoms with E-state index in [2.05, 4.69) is 5.10 Å². The smallest absolute Gasteiger partial charge is 0.257 e. The van der Waals surface area contributed by atoms with Crippen molar-refractivity contribution in [1.29, 1.82) is 0 Å². The van der Waals surface area contributed by atoms with Crippen LogP contribution in [-0.4, -0.2) is 27.1 Å². The monoisotopic (exact) mass is 307 g/mol. The molecule has 0 N–H and O–H groups in total. The Morgan fingerprint density at radius 1 is 1.48 bits per heavy atom. The zero-order valence-corrected chi connectivity index (χ0v) is 13.1. The average Bonchev–Trinajstić information content (AvgIpc) is 3.11. The Hall–Kier alpha value is -1.75. The molecule has 0 aromatic carbocycles. The Morgan fingerprint density at radius 2 is 2.24 bits per heavy atom. The normalized spacial score (nSPS) is 18.5. The SMILES string of the molecule is Cc1nn(C)c(Cl)c1[C@H]1CCCN1C(=O)c1ccoc1C. The van der Waals surface area contributed by atoms with Gasteiger partial charge < -0.3 is 9.32 Å². The maximum atomic E-state index is 12.7.